The van der Waals surface area contributed by atoms with E-state index in [1.165, 1.54) is 0 Å². The van der Waals surface area contributed by atoms with Gasteiger partial charge in [-0.25, -0.2) is 4.79 Å². The predicted octanol–water partition coefficient (Wildman–Crippen LogP) is -0.777. The third-order valence-corrected chi connectivity index (χ3v) is 3.75. The number of fused-ring (bicyclic) bond motifs is 1. The molecule has 0 aromatic heterocycles. The fraction of sp³-hybridized carbons (Fsp3) is 0.421. The molecule has 6 heteroatoms. The molecule has 0 spiro atoms. The van der Waals surface area contributed by atoms with Crippen LogP contribution in [-0.4, -0.2) is 62.1 Å². The smallest absolute Gasteiger partial charge is 0.361 e. The van der Waals surface area contributed by atoms with Crippen LogP contribution in [0.2, 0.25) is 0 Å². The fourth-order valence-corrected chi connectivity index (χ4v) is 2.75. The number of quaternary nitrogens is 1. The summed E-state index contributed by atoms with van der Waals surface area (Å²) in [5, 5.41) is 12.4. The van der Waals surface area contributed by atoms with Gasteiger partial charge in [-0.2, -0.15) is 0 Å². The van der Waals surface area contributed by atoms with Gasteiger partial charge in [-0.05, 0) is 18.4 Å². The molecule has 25 heavy (non-hydrogen) atoms. The van der Waals surface area contributed by atoms with E-state index in [2.05, 4.69) is 0 Å². The van der Waals surface area contributed by atoms with E-state index in [-0.39, 0.29) is 36.1 Å². The van der Waals surface area contributed by atoms with E-state index in [0.29, 0.717) is 17.6 Å². The Bertz CT molecular complexity index is 685. The van der Waals surface area contributed by atoms with Gasteiger partial charge in [-0.3, -0.25) is 0 Å². The molecule has 0 fully saturated rings. The number of halogens is 1. The molecule has 0 saturated carbocycles. The van der Waals surface area contributed by atoms with Gasteiger partial charge in [0.15, 0.2) is 6.54 Å². The van der Waals surface area contributed by atoms with Crippen molar-refractivity contribution in [3.05, 3.63) is 42.5 Å². The molecule has 1 atom stereocenters. The van der Waals surface area contributed by atoms with Crippen LogP contribution >= 0.6 is 0 Å². The minimum atomic E-state index is -0.673. The summed E-state index contributed by atoms with van der Waals surface area (Å²) in [5.74, 6) is 0.493. The fourth-order valence-electron chi connectivity index (χ4n) is 2.75. The highest BCUT2D eigenvalue weighted by Gasteiger charge is 2.25. The third kappa shape index (κ3) is 6.65. The molecule has 0 heterocycles. The number of benzene rings is 2. The lowest BCUT2D eigenvalue weighted by Crippen LogP contribution is -3.00. The highest BCUT2D eigenvalue weighted by atomic mass is 79.9. The van der Waals surface area contributed by atoms with Crippen LogP contribution in [0, 0.1) is 0 Å². The Morgan fingerprint density at radius 1 is 1.16 bits per heavy atom. The minimum absolute atomic E-state index is 0. The molecule has 2 rings (SSSR count). The number of aliphatic hydroxyl groups is 1. The lowest BCUT2D eigenvalue weighted by molar-refractivity contribution is -0.886. The van der Waals surface area contributed by atoms with Crippen molar-refractivity contribution in [3.8, 4) is 5.75 Å². The maximum Gasteiger partial charge on any atom is 0.361 e. The summed E-state index contributed by atoms with van der Waals surface area (Å²) in [7, 11) is 3.77. The van der Waals surface area contributed by atoms with Crippen LogP contribution in [0.3, 0.4) is 0 Å². The maximum atomic E-state index is 11.6. The molecule has 2 aromatic carbocycles. The molecule has 1 unspecified atom stereocenters. The lowest BCUT2D eigenvalue weighted by atomic mass is 10.1. The van der Waals surface area contributed by atoms with E-state index in [1.807, 2.05) is 56.6 Å². The van der Waals surface area contributed by atoms with E-state index in [1.54, 1.807) is 6.92 Å². The monoisotopic (exact) mass is 411 g/mol. The molecule has 5 nitrogen and oxygen atoms in total. The van der Waals surface area contributed by atoms with Gasteiger partial charge in [0, 0.05) is 5.39 Å². The molecule has 0 aliphatic rings. The average Bonchev–Trinajstić information content (AvgIpc) is 2.52. The third-order valence-electron chi connectivity index (χ3n) is 3.75. The Labute approximate surface area is 159 Å². The molecule has 138 valence electrons. The number of esters is 1. The zero-order chi connectivity index (χ0) is 17.6. The first kappa shape index (κ1) is 21.4. The first-order valence-electron chi connectivity index (χ1n) is 8.17. The summed E-state index contributed by atoms with van der Waals surface area (Å²) in [5.41, 5.74) is 0. The van der Waals surface area contributed by atoms with Crippen LogP contribution in [-0.2, 0) is 9.53 Å². The molecule has 0 radical (unpaired) electrons. The van der Waals surface area contributed by atoms with Crippen LogP contribution in [0.1, 0.15) is 6.92 Å². The van der Waals surface area contributed by atoms with Crippen LogP contribution in [0.25, 0.3) is 10.8 Å². The normalized spacial score (nSPS) is 12.3. The number of aliphatic hydroxyl groups excluding tert-OH is 1. The van der Waals surface area contributed by atoms with Crippen LogP contribution in [0.15, 0.2) is 42.5 Å². The van der Waals surface area contributed by atoms with Crippen molar-refractivity contribution >= 4 is 16.7 Å². The maximum absolute atomic E-state index is 11.6. The second-order valence-corrected chi connectivity index (χ2v) is 6.52. The zero-order valence-corrected chi connectivity index (χ0v) is 16.5. The topological polar surface area (TPSA) is 55.8 Å². The van der Waals surface area contributed by atoms with Crippen molar-refractivity contribution in [3.63, 3.8) is 0 Å². The van der Waals surface area contributed by atoms with Gasteiger partial charge in [0.2, 0.25) is 0 Å². The number of hydrogen-bond donors (Lipinski definition) is 1. The van der Waals surface area contributed by atoms with Gasteiger partial charge in [-0.15, -0.1) is 0 Å². The molecule has 0 saturated heterocycles. The van der Waals surface area contributed by atoms with Gasteiger partial charge >= 0.3 is 5.97 Å². The van der Waals surface area contributed by atoms with Gasteiger partial charge in [0.05, 0.1) is 20.7 Å². The predicted molar refractivity (Wildman–Crippen MR) is 93.9 cm³/mol. The van der Waals surface area contributed by atoms with Crippen LogP contribution in [0.5, 0.6) is 5.75 Å². The van der Waals surface area contributed by atoms with Crippen molar-refractivity contribution in [2.45, 2.75) is 13.0 Å². The van der Waals surface area contributed by atoms with Gasteiger partial charge in [0.1, 0.15) is 25.0 Å². The lowest BCUT2D eigenvalue weighted by Gasteiger charge is -2.30. The Morgan fingerprint density at radius 3 is 2.56 bits per heavy atom. The van der Waals surface area contributed by atoms with Crippen molar-refractivity contribution in [2.24, 2.45) is 0 Å². The van der Waals surface area contributed by atoms with Crippen molar-refractivity contribution in [1.82, 2.24) is 0 Å². The first-order valence-corrected chi connectivity index (χ1v) is 8.17. The van der Waals surface area contributed by atoms with Crippen molar-refractivity contribution < 1.29 is 40.8 Å². The average molecular weight is 412 g/mol. The number of nitrogens with zero attached hydrogens (tertiary/aromatic N) is 1. The van der Waals surface area contributed by atoms with Crippen LogP contribution in [0.4, 0.5) is 0 Å². The SMILES string of the molecule is CCOC(=O)C[N+](C)(C)CC(O)COc1cccc2ccccc12.[Br-]. The largest absolute Gasteiger partial charge is 1.00 e. The summed E-state index contributed by atoms with van der Waals surface area (Å²) < 4.78 is 11.1. The van der Waals surface area contributed by atoms with Crippen LogP contribution < -0.4 is 21.7 Å². The van der Waals surface area contributed by atoms with E-state index in [0.717, 1.165) is 16.5 Å². The molecule has 2 aromatic rings. The zero-order valence-electron chi connectivity index (χ0n) is 14.9. The molecule has 0 amide bonds. The quantitative estimate of drug-likeness (QED) is 0.457. The molecular weight excluding hydrogens is 386 g/mol. The van der Waals surface area contributed by atoms with E-state index in [9.17, 15) is 9.90 Å². The van der Waals surface area contributed by atoms with Crippen molar-refractivity contribution in [1.29, 1.82) is 0 Å². The number of rotatable bonds is 8. The van der Waals surface area contributed by atoms with Gasteiger partial charge < -0.3 is 36.0 Å². The van der Waals surface area contributed by atoms with Gasteiger partial charge in [0.25, 0.3) is 0 Å². The Hall–Kier alpha value is -1.63. The van der Waals surface area contributed by atoms with Gasteiger partial charge in [-0.1, -0.05) is 36.4 Å². The van der Waals surface area contributed by atoms with E-state index in [4.69, 9.17) is 9.47 Å². The first-order chi connectivity index (χ1) is 11.4. The van der Waals surface area contributed by atoms with Crippen molar-refractivity contribution in [2.75, 3.05) is 40.4 Å². The summed E-state index contributed by atoms with van der Waals surface area (Å²) in [6.45, 7) is 2.96. The van der Waals surface area contributed by atoms with E-state index >= 15 is 0 Å². The minimum Gasteiger partial charge on any atom is -1.00 e. The molecule has 0 aliphatic carbocycles. The Balaban J connectivity index is 0.00000312. The second kappa shape index (κ2) is 9.75. The summed E-state index contributed by atoms with van der Waals surface area (Å²) in [6.07, 6.45) is -0.673. The number of likely N-dealkylation sites (N-methyl/N-ethyl adjacent to an activating group) is 1. The number of carbonyl (C=O) groups excluding carboxylic acids is 1. The number of ether oxygens (including phenoxy) is 2. The summed E-state index contributed by atoms with van der Waals surface area (Å²) >= 11 is 0. The molecule has 1 N–H and O–H groups in total. The highest BCUT2D eigenvalue weighted by molar-refractivity contribution is 5.88. The van der Waals surface area contributed by atoms with E-state index < -0.39 is 6.10 Å². The summed E-state index contributed by atoms with van der Waals surface area (Å²) in [4.78, 5) is 11.6. The highest BCUT2D eigenvalue weighted by Crippen LogP contribution is 2.25. The summed E-state index contributed by atoms with van der Waals surface area (Å²) in [6, 6.07) is 13.8. The standard InChI is InChI=1S/C19H26NO4.BrH/c1-4-23-19(22)13-20(2,3)12-16(21)14-24-18-11-7-9-15-8-5-6-10-17(15)18;/h5-11,16,21H,4,12-14H2,1-3H3;1H/q+1;/p-1. The Morgan fingerprint density at radius 2 is 1.84 bits per heavy atom. The second-order valence-electron chi connectivity index (χ2n) is 6.52. The molecular formula is C19H26BrNO4. The Kier molecular flexibility index (Phi) is 8.35. The molecule has 0 bridgehead atoms. The molecule has 0 aliphatic heterocycles. The number of hydrogen-bond acceptors (Lipinski definition) is 4. The number of carbonyl (C=O) groups is 1.